The van der Waals surface area contributed by atoms with Crippen molar-refractivity contribution in [3.63, 3.8) is 0 Å². The molecule has 6 nitrogen and oxygen atoms in total. The van der Waals surface area contributed by atoms with Crippen LogP contribution in [0.15, 0.2) is 48.7 Å². The van der Waals surface area contributed by atoms with Gasteiger partial charge in [-0.1, -0.05) is 31.5 Å². The van der Waals surface area contributed by atoms with Crippen molar-refractivity contribution in [2.75, 3.05) is 6.61 Å². The van der Waals surface area contributed by atoms with Gasteiger partial charge < -0.3 is 25.2 Å². The van der Waals surface area contributed by atoms with Crippen LogP contribution in [0.3, 0.4) is 0 Å². The van der Waals surface area contributed by atoms with Gasteiger partial charge in [-0.25, -0.2) is 4.98 Å². The lowest BCUT2D eigenvalue weighted by Gasteiger charge is -2.43. The van der Waals surface area contributed by atoms with Gasteiger partial charge in [0.1, 0.15) is 6.10 Å². The summed E-state index contributed by atoms with van der Waals surface area (Å²) in [6.07, 6.45) is -1.71. The quantitative estimate of drug-likeness (QED) is 0.401. The van der Waals surface area contributed by atoms with Crippen molar-refractivity contribution in [1.82, 2.24) is 4.98 Å². The van der Waals surface area contributed by atoms with Crippen LogP contribution in [-0.2, 0) is 16.9 Å². The lowest BCUT2D eigenvalue weighted by Crippen LogP contribution is -2.56. The summed E-state index contributed by atoms with van der Waals surface area (Å²) < 4.78 is 18.6. The van der Waals surface area contributed by atoms with Crippen LogP contribution in [0.1, 0.15) is 36.3 Å². The number of aliphatic hydroxyl groups excluding tert-OH is 3. The number of thiophene rings is 1. The molecule has 0 radical (unpaired) electrons. The molecule has 4 rings (SSSR count). The minimum absolute atomic E-state index is 0.0106. The normalized spacial score (nSPS) is 24.8. The summed E-state index contributed by atoms with van der Waals surface area (Å²) in [5.41, 5.74) is 1.72. The Morgan fingerprint density at radius 3 is 2.61 bits per heavy atom. The number of hydrogen-bond donors (Lipinski definition) is 4. The van der Waals surface area contributed by atoms with Crippen LogP contribution < -0.4 is 0 Å². The molecule has 1 aliphatic heterocycles. The summed E-state index contributed by atoms with van der Waals surface area (Å²) in [5, 5.41) is 41.4. The molecule has 4 N–H and O–H groups in total. The summed E-state index contributed by atoms with van der Waals surface area (Å²) >= 11 is 7.87. The maximum Gasteiger partial charge on any atom is 0.222 e. The molecular weight excluding hydrogens is 469 g/mol. The van der Waals surface area contributed by atoms with E-state index < -0.39 is 36.7 Å². The van der Waals surface area contributed by atoms with Crippen LogP contribution >= 0.6 is 22.9 Å². The summed E-state index contributed by atoms with van der Waals surface area (Å²) in [4.78, 5) is 5.58. The van der Waals surface area contributed by atoms with Crippen molar-refractivity contribution in [2.45, 2.75) is 50.8 Å². The molecule has 33 heavy (non-hydrogen) atoms. The Morgan fingerprint density at radius 1 is 1.18 bits per heavy atom. The van der Waals surface area contributed by atoms with Gasteiger partial charge in [-0.3, -0.25) is 0 Å². The van der Waals surface area contributed by atoms with Crippen molar-refractivity contribution in [3.8, 4) is 10.4 Å². The molecule has 0 amide bonds. The van der Waals surface area contributed by atoms with E-state index in [-0.39, 0.29) is 12.0 Å². The predicted molar refractivity (Wildman–Crippen MR) is 126 cm³/mol. The molecule has 0 spiro atoms. The Bertz CT molecular complexity index is 1060. The lowest BCUT2D eigenvalue weighted by atomic mass is 9.89. The van der Waals surface area contributed by atoms with Gasteiger partial charge in [0, 0.05) is 44.9 Å². The molecule has 0 aliphatic carbocycles. The zero-order valence-electron chi connectivity index (χ0n) is 18.3. The molecule has 1 fully saturated rings. The van der Waals surface area contributed by atoms with E-state index in [0.717, 1.165) is 15.3 Å². The first-order valence-corrected chi connectivity index (χ1v) is 11.9. The smallest absolute Gasteiger partial charge is 0.222 e. The van der Waals surface area contributed by atoms with E-state index in [2.05, 4.69) is 4.98 Å². The van der Waals surface area contributed by atoms with E-state index >= 15 is 0 Å². The number of rotatable bonds is 5. The summed E-state index contributed by atoms with van der Waals surface area (Å²) in [7, 11) is 0. The van der Waals surface area contributed by atoms with Crippen molar-refractivity contribution in [3.05, 3.63) is 75.6 Å². The number of pyridine rings is 1. The monoisotopic (exact) mass is 495 g/mol. The number of hydrogen-bond acceptors (Lipinski definition) is 7. The zero-order chi connectivity index (χ0) is 24.2. The van der Waals surface area contributed by atoms with Crippen molar-refractivity contribution < 1.29 is 29.6 Å². The van der Waals surface area contributed by atoms with E-state index in [4.69, 9.17) is 16.3 Å². The van der Waals surface area contributed by atoms with Crippen molar-refractivity contribution in [1.29, 1.82) is 0 Å². The highest BCUT2D eigenvalue weighted by Crippen LogP contribution is 2.38. The standard InChI is InChI=1S/C22H21ClFNO5S.C2H6/c23-17-4-2-14(22(29)21(28)18(27)9-15(11-26)30-22)7-13(17)8-16-3-5-19(31-16)12-1-6-20(24)25-10-12;1-2/h1-7,10,15,18,21,26-29H,8-9,11H2;1-2H3/t15-,18-,21+,22?;/m0./s1. The van der Waals surface area contributed by atoms with Gasteiger partial charge in [0.25, 0.3) is 0 Å². The molecule has 4 atom stereocenters. The predicted octanol–water partition coefficient (Wildman–Crippen LogP) is 3.87. The number of halogens is 2. The molecule has 1 saturated heterocycles. The highest BCUT2D eigenvalue weighted by Gasteiger charge is 2.49. The second-order valence-corrected chi connectivity index (χ2v) is 9.06. The molecule has 2 aromatic heterocycles. The van der Waals surface area contributed by atoms with Crippen LogP contribution in [-0.4, -0.2) is 50.3 Å². The number of ether oxygens (including phenoxy) is 1. The molecule has 3 heterocycles. The number of benzene rings is 1. The molecule has 178 valence electrons. The fraction of sp³-hybridized carbons (Fsp3) is 0.375. The molecule has 0 bridgehead atoms. The van der Waals surface area contributed by atoms with E-state index in [9.17, 15) is 24.8 Å². The number of aromatic nitrogens is 1. The first-order valence-electron chi connectivity index (χ1n) is 10.7. The van der Waals surface area contributed by atoms with E-state index in [0.29, 0.717) is 17.0 Å². The molecule has 3 aromatic rings. The Hall–Kier alpha value is -1.91. The molecule has 1 unspecified atom stereocenters. The van der Waals surface area contributed by atoms with Crippen molar-refractivity contribution in [2.24, 2.45) is 0 Å². The van der Waals surface area contributed by atoms with Crippen LogP contribution in [0.4, 0.5) is 4.39 Å². The molecule has 0 saturated carbocycles. The Morgan fingerprint density at radius 2 is 1.94 bits per heavy atom. The van der Waals surface area contributed by atoms with Crippen LogP contribution in [0.5, 0.6) is 0 Å². The van der Waals surface area contributed by atoms with E-state index in [1.54, 1.807) is 18.2 Å². The van der Waals surface area contributed by atoms with Gasteiger partial charge in [-0.15, -0.1) is 11.3 Å². The van der Waals surface area contributed by atoms with E-state index in [1.165, 1.54) is 29.7 Å². The Balaban J connectivity index is 0.00000149. The summed E-state index contributed by atoms with van der Waals surface area (Å²) in [6, 6.07) is 11.5. The largest absolute Gasteiger partial charge is 0.394 e. The fourth-order valence-electron chi connectivity index (χ4n) is 3.65. The van der Waals surface area contributed by atoms with Crippen LogP contribution in [0.25, 0.3) is 10.4 Å². The molecular formula is C24H27ClFNO5S. The average molecular weight is 496 g/mol. The van der Waals surface area contributed by atoms with Gasteiger partial charge in [0.2, 0.25) is 11.7 Å². The Kier molecular flexibility index (Phi) is 8.58. The second-order valence-electron chi connectivity index (χ2n) is 7.49. The lowest BCUT2D eigenvalue weighted by molar-refractivity contribution is -0.334. The van der Waals surface area contributed by atoms with Gasteiger partial charge in [-0.2, -0.15) is 4.39 Å². The van der Waals surface area contributed by atoms with Crippen LogP contribution in [0, 0.1) is 5.95 Å². The zero-order valence-corrected chi connectivity index (χ0v) is 19.9. The SMILES string of the molecule is CC.OC[C@@H]1C[C@H](O)[C@@H](O)C(O)(c2ccc(Cl)c(Cc3ccc(-c4ccc(F)nc4)s3)c2)O1. The molecule has 1 aromatic carbocycles. The third-order valence-electron chi connectivity index (χ3n) is 5.32. The molecule has 9 heteroatoms. The third kappa shape index (κ3) is 5.60. The average Bonchev–Trinajstić information content (AvgIpc) is 3.29. The summed E-state index contributed by atoms with van der Waals surface area (Å²) in [5.74, 6) is -2.71. The van der Waals surface area contributed by atoms with Crippen LogP contribution in [0.2, 0.25) is 5.02 Å². The van der Waals surface area contributed by atoms with Crippen molar-refractivity contribution >= 4 is 22.9 Å². The highest BCUT2D eigenvalue weighted by molar-refractivity contribution is 7.15. The maximum atomic E-state index is 13.1. The number of nitrogens with zero attached hydrogens (tertiary/aromatic N) is 1. The minimum Gasteiger partial charge on any atom is -0.394 e. The topological polar surface area (TPSA) is 103 Å². The minimum atomic E-state index is -2.18. The second kappa shape index (κ2) is 11.0. The van der Waals surface area contributed by atoms with E-state index in [1.807, 2.05) is 26.0 Å². The third-order valence-corrected chi connectivity index (χ3v) is 6.82. The van der Waals surface area contributed by atoms with Gasteiger partial charge >= 0.3 is 0 Å². The first kappa shape index (κ1) is 25.7. The van der Waals surface area contributed by atoms with Gasteiger partial charge in [0.15, 0.2) is 0 Å². The molecule has 1 aliphatic rings. The Labute approximate surface area is 200 Å². The van der Waals surface area contributed by atoms with Gasteiger partial charge in [0.05, 0.1) is 18.8 Å². The summed E-state index contributed by atoms with van der Waals surface area (Å²) in [6.45, 7) is 3.60. The fourth-order valence-corrected chi connectivity index (χ4v) is 4.86. The maximum absolute atomic E-state index is 13.1. The van der Waals surface area contributed by atoms with Gasteiger partial charge in [-0.05, 0) is 42.0 Å². The highest BCUT2D eigenvalue weighted by atomic mass is 35.5. The first-order chi connectivity index (χ1) is 15.8. The number of aliphatic hydroxyl groups is 4.